The summed E-state index contributed by atoms with van der Waals surface area (Å²) >= 11 is 0. The van der Waals surface area contributed by atoms with Crippen molar-refractivity contribution >= 4 is 12.4 Å². The van der Waals surface area contributed by atoms with Crippen LogP contribution in [0.4, 0.5) is 26.1 Å². The molecule has 0 heterocycles. The van der Waals surface area contributed by atoms with Crippen LogP contribution in [-0.4, -0.2) is 6.98 Å². The third-order valence-corrected chi connectivity index (χ3v) is 1.57. The van der Waals surface area contributed by atoms with E-state index in [0.29, 0.717) is 6.07 Å². The molecule has 0 nitrogen and oxygen atoms in total. The van der Waals surface area contributed by atoms with Gasteiger partial charge in [-0.15, -0.1) is 5.46 Å². The van der Waals surface area contributed by atoms with Crippen molar-refractivity contribution < 1.29 is 26.1 Å². The zero-order chi connectivity index (χ0) is 10.9. The Bertz CT molecular complexity index is 331. The molecule has 0 spiro atoms. The van der Waals surface area contributed by atoms with E-state index in [0.717, 1.165) is 0 Å². The zero-order valence-electron chi connectivity index (χ0n) is 6.65. The minimum absolute atomic E-state index is 0.200. The number of hydrogen-bond donors (Lipinski definition) is 0. The van der Waals surface area contributed by atoms with Crippen molar-refractivity contribution in [3.8, 4) is 0 Å². The second kappa shape index (κ2) is 3.55. The number of rotatable bonds is 2. The summed E-state index contributed by atoms with van der Waals surface area (Å²) in [7, 11) is 0. The van der Waals surface area contributed by atoms with E-state index in [9.17, 15) is 26.1 Å². The van der Waals surface area contributed by atoms with E-state index < -0.39 is 30.2 Å². The summed E-state index contributed by atoms with van der Waals surface area (Å²) in [5.74, 6) is -1.31. The minimum Gasteiger partial charge on any atom is -0.445 e. The Hall–Kier alpha value is -1.14. The maximum atomic E-state index is 12.5. The number of halogens is 6. The van der Waals surface area contributed by atoms with Gasteiger partial charge in [0, 0.05) is 5.56 Å². The first-order valence-corrected chi connectivity index (χ1v) is 3.59. The first kappa shape index (κ1) is 10.9. The van der Waals surface area contributed by atoms with Crippen molar-refractivity contribution in [1.82, 2.24) is 0 Å². The number of alkyl halides is 2. The predicted octanol–water partition coefficient (Wildman–Crippen LogP) is 2.82. The molecular formula is C7H4BF6-. The molecule has 0 unspecified atom stereocenters. The van der Waals surface area contributed by atoms with Crippen molar-refractivity contribution in [2.45, 2.75) is 6.43 Å². The molecule has 0 aliphatic carbocycles. The molecule has 7 heteroatoms. The molecule has 0 saturated carbocycles. The summed E-state index contributed by atoms with van der Waals surface area (Å²) in [6.45, 7) is -5.44. The van der Waals surface area contributed by atoms with Crippen LogP contribution in [0.2, 0.25) is 0 Å². The van der Waals surface area contributed by atoms with Gasteiger partial charge in [-0.25, -0.2) is 13.2 Å². The van der Waals surface area contributed by atoms with Gasteiger partial charge in [-0.2, -0.15) is 0 Å². The molecule has 0 radical (unpaired) electrons. The molecule has 0 aromatic heterocycles. The zero-order valence-corrected chi connectivity index (χ0v) is 6.65. The predicted molar refractivity (Wildman–Crippen MR) is 40.1 cm³/mol. The maximum absolute atomic E-state index is 12.5. The van der Waals surface area contributed by atoms with Crippen molar-refractivity contribution in [3.63, 3.8) is 0 Å². The van der Waals surface area contributed by atoms with E-state index in [2.05, 4.69) is 0 Å². The molecule has 1 aromatic rings. The Kier molecular flexibility index (Phi) is 2.77. The first-order chi connectivity index (χ1) is 6.30. The highest BCUT2D eigenvalue weighted by molar-refractivity contribution is 6.73. The van der Waals surface area contributed by atoms with Crippen LogP contribution in [0.3, 0.4) is 0 Å². The monoisotopic (exact) mass is 213 g/mol. The van der Waals surface area contributed by atoms with Crippen molar-refractivity contribution in [3.05, 3.63) is 29.6 Å². The molecule has 1 rings (SSSR count). The summed E-state index contributed by atoms with van der Waals surface area (Å²) < 4.78 is 72.7. The SMILES string of the molecule is Fc1cc(C(F)F)cc([B-](F)(F)F)c1. The molecule has 0 fully saturated rings. The van der Waals surface area contributed by atoms with Gasteiger partial charge in [-0.3, -0.25) is 0 Å². The summed E-state index contributed by atoms with van der Waals surface area (Å²) in [6.07, 6.45) is -3.11. The van der Waals surface area contributed by atoms with Crippen LogP contribution in [0.5, 0.6) is 0 Å². The van der Waals surface area contributed by atoms with Gasteiger partial charge in [0.25, 0.3) is 6.43 Å². The van der Waals surface area contributed by atoms with Crippen LogP contribution >= 0.6 is 0 Å². The minimum atomic E-state index is -5.44. The summed E-state index contributed by atoms with van der Waals surface area (Å²) in [5, 5.41) is 0. The fraction of sp³-hybridized carbons (Fsp3) is 0.143. The number of hydrogen-bond acceptors (Lipinski definition) is 0. The van der Waals surface area contributed by atoms with Gasteiger partial charge in [-0.1, -0.05) is 12.1 Å². The fourth-order valence-electron chi connectivity index (χ4n) is 0.951. The maximum Gasteiger partial charge on any atom is 0.509 e. The molecule has 0 saturated heterocycles. The Labute approximate surface area is 75.6 Å². The average molecular weight is 213 g/mol. The van der Waals surface area contributed by atoms with Crippen LogP contribution in [0.25, 0.3) is 0 Å². The van der Waals surface area contributed by atoms with E-state index in [1.54, 1.807) is 0 Å². The van der Waals surface area contributed by atoms with Gasteiger partial charge in [-0.05, 0) is 6.07 Å². The average Bonchev–Trinajstić information content (AvgIpc) is 2.01. The van der Waals surface area contributed by atoms with Crippen LogP contribution < -0.4 is 5.46 Å². The largest absolute Gasteiger partial charge is 0.509 e. The van der Waals surface area contributed by atoms with E-state index in [1.807, 2.05) is 0 Å². The highest BCUT2D eigenvalue weighted by Crippen LogP contribution is 2.20. The molecule has 78 valence electrons. The lowest BCUT2D eigenvalue weighted by atomic mass is 9.79. The Balaban J connectivity index is 3.21. The van der Waals surface area contributed by atoms with E-state index in [4.69, 9.17) is 0 Å². The van der Waals surface area contributed by atoms with Gasteiger partial charge in [0.1, 0.15) is 5.82 Å². The van der Waals surface area contributed by atoms with Crippen molar-refractivity contribution in [1.29, 1.82) is 0 Å². The Morgan fingerprint density at radius 3 is 2.00 bits per heavy atom. The van der Waals surface area contributed by atoms with Crippen molar-refractivity contribution in [2.24, 2.45) is 0 Å². The molecule has 0 bridgehead atoms. The van der Waals surface area contributed by atoms with Crippen LogP contribution in [0, 0.1) is 5.82 Å². The molecule has 0 N–H and O–H groups in total. The van der Waals surface area contributed by atoms with Gasteiger partial charge < -0.3 is 12.9 Å². The molecule has 0 atom stereocenters. The molecule has 14 heavy (non-hydrogen) atoms. The van der Waals surface area contributed by atoms with Gasteiger partial charge in [0.05, 0.1) is 0 Å². The van der Waals surface area contributed by atoms with Gasteiger partial charge in [0.15, 0.2) is 0 Å². The summed E-state index contributed by atoms with van der Waals surface area (Å²) in [6, 6.07) is 0.843. The fourth-order valence-corrected chi connectivity index (χ4v) is 0.951. The molecule has 0 aliphatic rings. The third kappa shape index (κ3) is 2.43. The third-order valence-electron chi connectivity index (χ3n) is 1.57. The molecular weight excluding hydrogens is 209 g/mol. The lowest BCUT2D eigenvalue weighted by Crippen LogP contribution is -2.34. The summed E-state index contributed by atoms with van der Waals surface area (Å²) in [4.78, 5) is 0. The number of benzene rings is 1. The second-order valence-corrected chi connectivity index (χ2v) is 2.69. The van der Waals surface area contributed by atoms with Crippen LogP contribution in [-0.2, 0) is 0 Å². The lowest BCUT2D eigenvalue weighted by Gasteiger charge is -2.15. The Morgan fingerprint density at radius 2 is 1.57 bits per heavy atom. The lowest BCUT2D eigenvalue weighted by molar-refractivity contribution is 0.151. The van der Waals surface area contributed by atoms with Crippen LogP contribution in [0.15, 0.2) is 18.2 Å². The van der Waals surface area contributed by atoms with Gasteiger partial charge in [0.2, 0.25) is 0 Å². The van der Waals surface area contributed by atoms with Crippen molar-refractivity contribution in [2.75, 3.05) is 0 Å². The quantitative estimate of drug-likeness (QED) is 0.523. The smallest absolute Gasteiger partial charge is 0.445 e. The molecule has 0 amide bonds. The van der Waals surface area contributed by atoms with E-state index in [1.165, 1.54) is 0 Å². The van der Waals surface area contributed by atoms with E-state index in [-0.39, 0.29) is 12.1 Å². The second-order valence-electron chi connectivity index (χ2n) is 2.69. The highest BCUT2D eigenvalue weighted by Gasteiger charge is 2.27. The Morgan fingerprint density at radius 1 is 1.00 bits per heavy atom. The first-order valence-electron chi connectivity index (χ1n) is 3.59. The normalized spacial score (nSPS) is 12.2. The standard InChI is InChI=1S/C7H4BF6/c9-6-2-4(7(10)11)1-5(3-6)8(12,13)14/h1-3,7H/q-1. The highest BCUT2D eigenvalue weighted by atomic mass is 19.4. The summed E-state index contributed by atoms with van der Waals surface area (Å²) in [5.41, 5.74) is -2.31. The molecule has 0 aliphatic heterocycles. The van der Waals surface area contributed by atoms with E-state index >= 15 is 0 Å². The molecule has 1 aromatic carbocycles. The topological polar surface area (TPSA) is 0 Å². The van der Waals surface area contributed by atoms with Crippen LogP contribution in [0.1, 0.15) is 12.0 Å². The van der Waals surface area contributed by atoms with Gasteiger partial charge >= 0.3 is 6.98 Å².